The summed E-state index contributed by atoms with van der Waals surface area (Å²) in [7, 11) is 0. The van der Waals surface area contributed by atoms with Gasteiger partial charge in [0.05, 0.1) is 17.3 Å². The van der Waals surface area contributed by atoms with Crippen LogP contribution in [-0.2, 0) is 0 Å². The van der Waals surface area contributed by atoms with Crippen molar-refractivity contribution in [2.24, 2.45) is 0 Å². The largest absolute Gasteiger partial charge is 0.368 e. The van der Waals surface area contributed by atoms with E-state index in [9.17, 15) is 18.0 Å². The van der Waals surface area contributed by atoms with Crippen LogP contribution in [0.25, 0.3) is 0 Å². The molecule has 2 aromatic rings. The van der Waals surface area contributed by atoms with Crippen LogP contribution in [0.15, 0.2) is 36.4 Å². The third kappa shape index (κ3) is 3.57. The van der Waals surface area contributed by atoms with E-state index in [1.807, 2.05) is 11.0 Å². The van der Waals surface area contributed by atoms with Gasteiger partial charge in [-0.25, -0.2) is 18.0 Å². The minimum absolute atomic E-state index is 0.369. The van der Waals surface area contributed by atoms with Gasteiger partial charge in [-0.1, -0.05) is 6.07 Å². The molecule has 134 valence electrons. The number of piperazine rings is 1. The molecule has 2 amide bonds. The van der Waals surface area contributed by atoms with Crippen LogP contribution in [0.2, 0.25) is 0 Å². The number of amides is 2. The monoisotopic (exact) mass is 360 g/mol. The first-order valence-corrected chi connectivity index (χ1v) is 7.94. The standard InChI is InChI=1S/C18H15F3N4O/c19-14-4-5-15(17(21)16(14)20)23-18(26)25-8-6-24(7-9-25)13-3-1-2-12(10-13)11-22/h1-5,10H,6-9H2,(H,23,26). The first kappa shape index (κ1) is 17.6. The van der Waals surface area contributed by atoms with E-state index in [0.29, 0.717) is 31.7 Å². The average Bonchev–Trinajstić information content (AvgIpc) is 2.68. The van der Waals surface area contributed by atoms with E-state index >= 15 is 0 Å². The Morgan fingerprint density at radius 3 is 2.46 bits per heavy atom. The maximum atomic E-state index is 13.7. The van der Waals surface area contributed by atoms with Gasteiger partial charge in [-0.3, -0.25) is 0 Å². The molecule has 0 unspecified atom stereocenters. The summed E-state index contributed by atoms with van der Waals surface area (Å²) in [5.74, 6) is -4.36. The first-order chi connectivity index (χ1) is 12.5. The fourth-order valence-corrected chi connectivity index (χ4v) is 2.76. The van der Waals surface area contributed by atoms with Crippen LogP contribution in [-0.4, -0.2) is 37.1 Å². The maximum absolute atomic E-state index is 13.7. The second-order valence-corrected chi connectivity index (χ2v) is 5.79. The lowest BCUT2D eigenvalue weighted by Gasteiger charge is -2.36. The number of anilines is 2. The quantitative estimate of drug-likeness (QED) is 0.836. The molecule has 0 spiro atoms. The summed E-state index contributed by atoms with van der Waals surface area (Å²) in [6.07, 6.45) is 0. The number of hydrogen-bond acceptors (Lipinski definition) is 3. The van der Waals surface area contributed by atoms with Crippen LogP contribution < -0.4 is 10.2 Å². The normalized spacial score (nSPS) is 14.1. The van der Waals surface area contributed by atoms with Crippen LogP contribution in [0, 0.1) is 28.8 Å². The van der Waals surface area contributed by atoms with Gasteiger partial charge in [0, 0.05) is 31.9 Å². The Hall–Kier alpha value is -3.21. The van der Waals surface area contributed by atoms with Crippen molar-refractivity contribution in [3.63, 3.8) is 0 Å². The van der Waals surface area contributed by atoms with Gasteiger partial charge >= 0.3 is 6.03 Å². The Labute approximate surface area is 148 Å². The highest BCUT2D eigenvalue weighted by Crippen LogP contribution is 2.21. The van der Waals surface area contributed by atoms with Gasteiger partial charge in [-0.15, -0.1) is 0 Å². The lowest BCUT2D eigenvalue weighted by atomic mass is 10.2. The first-order valence-electron chi connectivity index (χ1n) is 7.94. The molecule has 0 aromatic heterocycles. The number of rotatable bonds is 2. The minimum atomic E-state index is -1.62. The molecule has 1 fully saturated rings. The van der Waals surface area contributed by atoms with E-state index in [1.165, 1.54) is 4.90 Å². The van der Waals surface area contributed by atoms with Gasteiger partial charge in [-0.2, -0.15) is 5.26 Å². The molecule has 0 radical (unpaired) electrons. The van der Waals surface area contributed by atoms with Crippen molar-refractivity contribution < 1.29 is 18.0 Å². The highest BCUT2D eigenvalue weighted by molar-refractivity contribution is 5.89. The van der Waals surface area contributed by atoms with Crippen molar-refractivity contribution in [3.05, 3.63) is 59.4 Å². The van der Waals surface area contributed by atoms with Gasteiger partial charge in [0.25, 0.3) is 0 Å². The highest BCUT2D eigenvalue weighted by Gasteiger charge is 2.23. The lowest BCUT2D eigenvalue weighted by Crippen LogP contribution is -2.50. The number of carbonyl (C=O) groups is 1. The summed E-state index contributed by atoms with van der Waals surface area (Å²) in [6.45, 7) is 1.80. The van der Waals surface area contributed by atoms with Crippen molar-refractivity contribution in [1.29, 1.82) is 5.26 Å². The van der Waals surface area contributed by atoms with Gasteiger partial charge in [-0.05, 0) is 30.3 Å². The highest BCUT2D eigenvalue weighted by atomic mass is 19.2. The number of nitrogens with zero attached hydrogens (tertiary/aromatic N) is 3. The molecule has 26 heavy (non-hydrogen) atoms. The summed E-state index contributed by atoms with van der Waals surface area (Å²) in [5.41, 5.74) is 1.03. The van der Waals surface area contributed by atoms with Crippen LogP contribution in [0.1, 0.15) is 5.56 Å². The van der Waals surface area contributed by atoms with Crippen LogP contribution in [0.4, 0.5) is 29.3 Å². The number of benzene rings is 2. The minimum Gasteiger partial charge on any atom is -0.368 e. The molecule has 8 heteroatoms. The molecule has 2 aromatic carbocycles. The molecule has 0 saturated carbocycles. The predicted octanol–water partition coefficient (Wildman–Crippen LogP) is 3.33. The lowest BCUT2D eigenvalue weighted by molar-refractivity contribution is 0.208. The molecule has 3 rings (SSSR count). The molecule has 1 aliphatic heterocycles. The zero-order valence-electron chi connectivity index (χ0n) is 13.7. The summed E-state index contributed by atoms with van der Waals surface area (Å²) in [5, 5.41) is 11.2. The third-order valence-electron chi connectivity index (χ3n) is 4.18. The molecule has 0 aliphatic carbocycles. The number of halogens is 3. The Bertz CT molecular complexity index is 873. The summed E-state index contributed by atoms with van der Waals surface area (Å²) >= 11 is 0. The average molecular weight is 360 g/mol. The predicted molar refractivity (Wildman–Crippen MR) is 90.3 cm³/mol. The third-order valence-corrected chi connectivity index (χ3v) is 4.18. The molecular formula is C18H15F3N4O. The van der Waals surface area contributed by atoms with Crippen LogP contribution in [0.5, 0.6) is 0 Å². The Morgan fingerprint density at radius 2 is 1.77 bits per heavy atom. The van der Waals surface area contributed by atoms with Crippen molar-refractivity contribution >= 4 is 17.4 Å². The van der Waals surface area contributed by atoms with Gasteiger partial charge in [0.2, 0.25) is 0 Å². The fraction of sp³-hybridized carbons (Fsp3) is 0.222. The maximum Gasteiger partial charge on any atom is 0.322 e. The number of carbonyl (C=O) groups excluding carboxylic acids is 1. The summed E-state index contributed by atoms with van der Waals surface area (Å²) < 4.78 is 39.8. The Kier molecular flexibility index (Phi) is 4.98. The summed E-state index contributed by atoms with van der Waals surface area (Å²) in [4.78, 5) is 15.7. The molecular weight excluding hydrogens is 345 g/mol. The molecule has 1 heterocycles. The molecule has 1 aliphatic rings. The van der Waals surface area contributed by atoms with Crippen LogP contribution >= 0.6 is 0 Å². The van der Waals surface area contributed by atoms with Crippen molar-refractivity contribution in [2.75, 3.05) is 36.4 Å². The van der Waals surface area contributed by atoms with E-state index in [1.54, 1.807) is 18.2 Å². The molecule has 1 N–H and O–H groups in total. The van der Waals surface area contributed by atoms with Crippen molar-refractivity contribution in [1.82, 2.24) is 4.90 Å². The van der Waals surface area contributed by atoms with E-state index in [2.05, 4.69) is 11.4 Å². The zero-order valence-corrected chi connectivity index (χ0v) is 13.7. The fourth-order valence-electron chi connectivity index (χ4n) is 2.76. The van der Waals surface area contributed by atoms with Gasteiger partial charge in [0.1, 0.15) is 0 Å². The Morgan fingerprint density at radius 1 is 1.04 bits per heavy atom. The number of nitrogens with one attached hydrogen (secondary N) is 1. The second-order valence-electron chi connectivity index (χ2n) is 5.79. The SMILES string of the molecule is N#Cc1cccc(N2CCN(C(=O)Nc3ccc(F)c(F)c3F)CC2)c1. The van der Waals surface area contributed by atoms with E-state index in [4.69, 9.17) is 5.26 Å². The zero-order chi connectivity index (χ0) is 18.7. The Balaban J connectivity index is 1.62. The van der Waals surface area contributed by atoms with E-state index in [-0.39, 0.29) is 0 Å². The summed E-state index contributed by atoms with van der Waals surface area (Å²) in [6, 6.07) is 10.4. The number of nitriles is 1. The molecule has 5 nitrogen and oxygen atoms in total. The number of urea groups is 1. The van der Waals surface area contributed by atoms with Crippen molar-refractivity contribution in [2.45, 2.75) is 0 Å². The van der Waals surface area contributed by atoms with E-state index in [0.717, 1.165) is 17.8 Å². The molecule has 0 bridgehead atoms. The van der Waals surface area contributed by atoms with Crippen molar-refractivity contribution in [3.8, 4) is 6.07 Å². The second kappa shape index (κ2) is 7.35. The topological polar surface area (TPSA) is 59.4 Å². The molecule has 1 saturated heterocycles. The molecule has 0 atom stereocenters. The smallest absolute Gasteiger partial charge is 0.322 e. The van der Waals surface area contributed by atoms with Gasteiger partial charge < -0.3 is 15.1 Å². The van der Waals surface area contributed by atoms with Crippen LogP contribution in [0.3, 0.4) is 0 Å². The van der Waals surface area contributed by atoms with E-state index < -0.39 is 29.2 Å². The van der Waals surface area contributed by atoms with Gasteiger partial charge in [0.15, 0.2) is 17.5 Å². The number of hydrogen-bond donors (Lipinski definition) is 1.